The molecule has 0 spiro atoms. The Labute approximate surface area is 145 Å². The Hall–Kier alpha value is -1.84. The minimum atomic E-state index is -0.445. The van der Waals surface area contributed by atoms with Gasteiger partial charge in [0.1, 0.15) is 6.04 Å². The topological polar surface area (TPSA) is 49.4 Å². The van der Waals surface area contributed by atoms with Gasteiger partial charge in [-0.3, -0.25) is 9.59 Å². The molecule has 1 atom stereocenters. The van der Waals surface area contributed by atoms with Crippen LogP contribution in [0.2, 0.25) is 0 Å². The van der Waals surface area contributed by atoms with Gasteiger partial charge in [-0.15, -0.1) is 0 Å². The van der Waals surface area contributed by atoms with E-state index in [2.05, 4.69) is 11.4 Å². The van der Waals surface area contributed by atoms with E-state index >= 15 is 0 Å². The minimum Gasteiger partial charge on any atom is -0.352 e. The molecule has 132 valence electrons. The monoisotopic (exact) mass is 330 g/mol. The van der Waals surface area contributed by atoms with Gasteiger partial charge in [-0.25, -0.2) is 0 Å². The highest BCUT2D eigenvalue weighted by molar-refractivity contribution is 5.87. The fourth-order valence-electron chi connectivity index (χ4n) is 3.36. The van der Waals surface area contributed by atoms with Crippen LogP contribution < -0.4 is 5.32 Å². The van der Waals surface area contributed by atoms with Gasteiger partial charge in [-0.2, -0.15) is 0 Å². The Morgan fingerprint density at radius 1 is 1.25 bits per heavy atom. The summed E-state index contributed by atoms with van der Waals surface area (Å²) in [7, 11) is 0. The second-order valence-corrected chi connectivity index (χ2v) is 6.88. The molecule has 1 aliphatic carbocycles. The maximum absolute atomic E-state index is 12.6. The number of carbonyl (C=O) groups excluding carboxylic acids is 2. The van der Waals surface area contributed by atoms with Gasteiger partial charge in [0.25, 0.3) is 0 Å². The van der Waals surface area contributed by atoms with Crippen LogP contribution in [0.3, 0.4) is 0 Å². The van der Waals surface area contributed by atoms with Crippen molar-refractivity contribution >= 4 is 11.8 Å². The lowest BCUT2D eigenvalue weighted by molar-refractivity contribution is -0.140. The summed E-state index contributed by atoms with van der Waals surface area (Å²) in [6, 6.07) is 7.93. The fraction of sp³-hybridized carbons (Fsp3) is 0.600. The van der Waals surface area contributed by atoms with Crippen molar-refractivity contribution in [2.75, 3.05) is 0 Å². The lowest BCUT2D eigenvalue weighted by Crippen LogP contribution is -2.50. The Morgan fingerprint density at radius 2 is 1.96 bits per heavy atom. The van der Waals surface area contributed by atoms with Crippen molar-refractivity contribution in [2.24, 2.45) is 0 Å². The van der Waals surface area contributed by atoms with Crippen LogP contribution in [0.25, 0.3) is 0 Å². The number of nitrogens with zero attached hydrogens (tertiary/aromatic N) is 1. The molecule has 1 aromatic rings. The van der Waals surface area contributed by atoms with E-state index in [0.29, 0.717) is 13.0 Å². The molecule has 1 unspecified atom stereocenters. The zero-order chi connectivity index (χ0) is 17.5. The van der Waals surface area contributed by atoms with Crippen molar-refractivity contribution in [3.8, 4) is 0 Å². The molecular formula is C20H30N2O2. The highest BCUT2D eigenvalue weighted by Crippen LogP contribution is 2.18. The molecule has 24 heavy (non-hydrogen) atoms. The van der Waals surface area contributed by atoms with Gasteiger partial charge >= 0.3 is 0 Å². The summed E-state index contributed by atoms with van der Waals surface area (Å²) in [4.78, 5) is 26.7. The van der Waals surface area contributed by atoms with Crippen LogP contribution in [-0.2, 0) is 16.1 Å². The molecule has 1 N–H and O–H groups in total. The van der Waals surface area contributed by atoms with E-state index in [9.17, 15) is 9.59 Å². The first kappa shape index (κ1) is 18.5. The summed E-state index contributed by atoms with van der Waals surface area (Å²) in [6.45, 7) is 6.20. The van der Waals surface area contributed by atoms with E-state index in [1.807, 2.05) is 39.0 Å². The summed E-state index contributed by atoms with van der Waals surface area (Å²) in [6.07, 6.45) is 6.14. The van der Waals surface area contributed by atoms with Gasteiger partial charge in [-0.05, 0) is 32.3 Å². The minimum absolute atomic E-state index is 0.0165. The molecular weight excluding hydrogens is 300 g/mol. The normalized spacial score (nSPS) is 16.5. The molecule has 1 saturated carbocycles. The first-order valence-corrected chi connectivity index (χ1v) is 9.16. The van der Waals surface area contributed by atoms with Gasteiger partial charge in [0.15, 0.2) is 0 Å². The third-order valence-electron chi connectivity index (χ3n) is 4.86. The van der Waals surface area contributed by atoms with Crippen molar-refractivity contribution in [3.63, 3.8) is 0 Å². The number of rotatable bonds is 6. The standard InChI is InChI=1S/C20H30N2O2/c1-4-19(23)22(14-17-10-8-9-15(2)13-17)16(3)20(24)21-18-11-6-5-7-12-18/h8-10,13,16,18H,4-7,11-12,14H2,1-3H3,(H,21,24). The largest absolute Gasteiger partial charge is 0.352 e. The molecule has 0 radical (unpaired) electrons. The van der Waals surface area contributed by atoms with Crippen molar-refractivity contribution in [1.82, 2.24) is 10.2 Å². The Kier molecular flexibility index (Phi) is 6.83. The zero-order valence-corrected chi connectivity index (χ0v) is 15.2. The average Bonchev–Trinajstić information content (AvgIpc) is 2.59. The van der Waals surface area contributed by atoms with E-state index in [1.54, 1.807) is 4.90 Å². The van der Waals surface area contributed by atoms with Gasteiger partial charge in [0, 0.05) is 19.0 Å². The number of carbonyl (C=O) groups is 2. The van der Waals surface area contributed by atoms with Crippen LogP contribution >= 0.6 is 0 Å². The lowest BCUT2D eigenvalue weighted by atomic mass is 9.95. The molecule has 1 aromatic carbocycles. The number of nitrogens with one attached hydrogen (secondary N) is 1. The predicted molar refractivity (Wildman–Crippen MR) is 96.5 cm³/mol. The maximum atomic E-state index is 12.6. The van der Waals surface area contributed by atoms with E-state index in [-0.39, 0.29) is 17.9 Å². The first-order valence-electron chi connectivity index (χ1n) is 9.16. The smallest absolute Gasteiger partial charge is 0.242 e. The van der Waals surface area contributed by atoms with Crippen LogP contribution in [-0.4, -0.2) is 28.8 Å². The Balaban J connectivity index is 2.05. The molecule has 4 heteroatoms. The van der Waals surface area contributed by atoms with Gasteiger partial charge in [0.2, 0.25) is 11.8 Å². The Bertz CT molecular complexity index is 565. The summed E-state index contributed by atoms with van der Waals surface area (Å²) in [5.74, 6) is -0.0147. The van der Waals surface area contributed by atoms with Crippen molar-refractivity contribution in [1.29, 1.82) is 0 Å². The molecule has 0 saturated heterocycles. The quantitative estimate of drug-likeness (QED) is 0.867. The summed E-state index contributed by atoms with van der Waals surface area (Å²) in [5.41, 5.74) is 2.23. The third-order valence-corrected chi connectivity index (χ3v) is 4.86. The van der Waals surface area contributed by atoms with Crippen LogP contribution in [0.15, 0.2) is 24.3 Å². The van der Waals surface area contributed by atoms with E-state index in [4.69, 9.17) is 0 Å². The summed E-state index contributed by atoms with van der Waals surface area (Å²) in [5, 5.41) is 3.14. The first-order chi connectivity index (χ1) is 11.5. The highest BCUT2D eigenvalue weighted by Gasteiger charge is 2.27. The molecule has 4 nitrogen and oxygen atoms in total. The molecule has 0 heterocycles. The molecule has 2 rings (SSSR count). The van der Waals surface area contributed by atoms with Crippen LogP contribution in [0, 0.1) is 6.92 Å². The average molecular weight is 330 g/mol. The zero-order valence-electron chi connectivity index (χ0n) is 15.2. The third kappa shape index (κ3) is 5.08. The predicted octanol–water partition coefficient (Wildman–Crippen LogP) is 3.57. The Morgan fingerprint density at radius 3 is 2.58 bits per heavy atom. The number of amides is 2. The van der Waals surface area contributed by atoms with E-state index < -0.39 is 6.04 Å². The van der Waals surface area contributed by atoms with E-state index in [0.717, 1.165) is 24.0 Å². The highest BCUT2D eigenvalue weighted by atomic mass is 16.2. The van der Waals surface area contributed by atoms with Crippen molar-refractivity contribution in [2.45, 2.75) is 77.9 Å². The lowest BCUT2D eigenvalue weighted by Gasteiger charge is -2.31. The second-order valence-electron chi connectivity index (χ2n) is 6.88. The molecule has 0 aliphatic heterocycles. The second kappa shape index (κ2) is 8.86. The van der Waals surface area contributed by atoms with Crippen LogP contribution in [0.5, 0.6) is 0 Å². The summed E-state index contributed by atoms with van der Waals surface area (Å²) < 4.78 is 0. The SMILES string of the molecule is CCC(=O)N(Cc1cccc(C)c1)C(C)C(=O)NC1CCCCC1. The van der Waals surface area contributed by atoms with Crippen LogP contribution in [0.4, 0.5) is 0 Å². The number of aryl methyl sites for hydroxylation is 1. The molecule has 1 aliphatic rings. The van der Waals surface area contributed by atoms with Gasteiger partial charge in [-0.1, -0.05) is 56.0 Å². The summed E-state index contributed by atoms with van der Waals surface area (Å²) >= 11 is 0. The maximum Gasteiger partial charge on any atom is 0.242 e. The molecule has 0 aromatic heterocycles. The van der Waals surface area contributed by atoms with Crippen molar-refractivity contribution < 1.29 is 9.59 Å². The van der Waals surface area contributed by atoms with Gasteiger partial charge < -0.3 is 10.2 Å². The number of hydrogen-bond donors (Lipinski definition) is 1. The molecule has 1 fully saturated rings. The fourth-order valence-corrected chi connectivity index (χ4v) is 3.36. The number of hydrogen-bond acceptors (Lipinski definition) is 2. The van der Waals surface area contributed by atoms with Crippen LogP contribution in [0.1, 0.15) is 63.5 Å². The number of benzene rings is 1. The van der Waals surface area contributed by atoms with E-state index in [1.165, 1.54) is 19.3 Å². The molecule has 0 bridgehead atoms. The molecule has 2 amide bonds. The van der Waals surface area contributed by atoms with Gasteiger partial charge in [0.05, 0.1) is 0 Å². The van der Waals surface area contributed by atoms with Crippen molar-refractivity contribution in [3.05, 3.63) is 35.4 Å².